The van der Waals surface area contributed by atoms with Crippen molar-refractivity contribution in [2.45, 2.75) is 251 Å². The van der Waals surface area contributed by atoms with Crippen molar-refractivity contribution in [3.63, 3.8) is 0 Å². The standard InChI is InChI=1S/C63H104O5/c1-3-5-7-9-11-13-15-17-19-21-22-23-24-25-26-27-28-29-30-31-32-33-34-35-36-37-38-39-40-42-44-46-48-50-52-54-56-58-63(66)68-61(59-64)60-67-62(65)57-55-53-51-49-47-45-43-41-20-18-16-14-12-10-8-6-4-2/h5,7,11,13,17-20,22-23,25-26,28-29,31-32,34-35,37-38,61,64H,3-4,6,8-10,12,14-16,21,24,27,30,33,36,39-60H2,1-2H3/b7-5-,13-11-,19-17-,20-18-,23-22-,26-25-,29-28-,32-31-,35-34-,38-37-. The van der Waals surface area contributed by atoms with Crippen LogP contribution < -0.4 is 0 Å². The zero-order valence-electron chi connectivity index (χ0n) is 44.1. The average Bonchev–Trinajstić information content (AvgIpc) is 3.34. The Labute approximate surface area is 420 Å². The quantitative estimate of drug-likeness (QED) is 0.0374. The van der Waals surface area contributed by atoms with Crippen LogP contribution in [0.25, 0.3) is 0 Å². The van der Waals surface area contributed by atoms with Crippen LogP contribution >= 0.6 is 0 Å². The molecule has 0 aromatic carbocycles. The van der Waals surface area contributed by atoms with E-state index in [4.69, 9.17) is 9.47 Å². The molecule has 0 radical (unpaired) electrons. The number of ether oxygens (including phenoxy) is 2. The van der Waals surface area contributed by atoms with Gasteiger partial charge >= 0.3 is 11.9 Å². The minimum absolute atomic E-state index is 0.0755. The van der Waals surface area contributed by atoms with Gasteiger partial charge in [-0.3, -0.25) is 9.59 Å². The lowest BCUT2D eigenvalue weighted by atomic mass is 10.1. The highest BCUT2D eigenvalue weighted by Crippen LogP contribution is 2.14. The van der Waals surface area contributed by atoms with E-state index >= 15 is 0 Å². The Kier molecular flexibility index (Phi) is 54.5. The van der Waals surface area contributed by atoms with E-state index in [2.05, 4.69) is 135 Å². The zero-order valence-corrected chi connectivity index (χ0v) is 44.1. The number of esters is 2. The largest absolute Gasteiger partial charge is 0.462 e. The second kappa shape index (κ2) is 57.6. The van der Waals surface area contributed by atoms with E-state index in [1.54, 1.807) is 0 Å². The Morgan fingerprint density at radius 1 is 0.353 bits per heavy atom. The molecular weight excluding hydrogens is 837 g/mol. The molecule has 386 valence electrons. The molecule has 1 atom stereocenters. The van der Waals surface area contributed by atoms with Crippen LogP contribution in [0, 0.1) is 0 Å². The van der Waals surface area contributed by atoms with Crippen molar-refractivity contribution in [1.29, 1.82) is 0 Å². The summed E-state index contributed by atoms with van der Waals surface area (Å²) in [4.78, 5) is 24.5. The molecular formula is C63H104O5. The lowest BCUT2D eigenvalue weighted by molar-refractivity contribution is -0.161. The van der Waals surface area contributed by atoms with Gasteiger partial charge in [0.2, 0.25) is 0 Å². The normalized spacial score (nSPS) is 13.2. The van der Waals surface area contributed by atoms with Crippen molar-refractivity contribution in [2.75, 3.05) is 13.2 Å². The van der Waals surface area contributed by atoms with Gasteiger partial charge in [-0.25, -0.2) is 0 Å². The third kappa shape index (κ3) is 54.9. The van der Waals surface area contributed by atoms with Gasteiger partial charge in [0.15, 0.2) is 6.10 Å². The number of carbonyl (C=O) groups is 2. The van der Waals surface area contributed by atoms with E-state index in [0.29, 0.717) is 12.8 Å². The second-order valence-electron chi connectivity index (χ2n) is 18.3. The molecule has 0 aromatic rings. The maximum Gasteiger partial charge on any atom is 0.306 e. The van der Waals surface area contributed by atoms with Gasteiger partial charge in [0.1, 0.15) is 6.61 Å². The van der Waals surface area contributed by atoms with E-state index in [-0.39, 0.29) is 25.2 Å². The van der Waals surface area contributed by atoms with Crippen molar-refractivity contribution in [2.24, 2.45) is 0 Å². The number of aliphatic hydroxyl groups is 1. The SMILES string of the molecule is CC/C=C\C/C=C\C/C=C\C/C=C\C/C=C\C/C=C\C/C=C\C/C=C\C/C=C\CCCCCCCCCCCC(=O)OC(CO)COC(=O)CCCCCCCCC/C=C\CCCCCCCC. The fourth-order valence-corrected chi connectivity index (χ4v) is 7.54. The molecule has 0 aliphatic heterocycles. The number of carbonyl (C=O) groups excluding carboxylic acids is 2. The van der Waals surface area contributed by atoms with Crippen LogP contribution in [-0.4, -0.2) is 36.4 Å². The van der Waals surface area contributed by atoms with E-state index in [0.717, 1.165) is 103 Å². The van der Waals surface area contributed by atoms with Crippen molar-refractivity contribution in [1.82, 2.24) is 0 Å². The minimum Gasteiger partial charge on any atom is -0.462 e. The Morgan fingerprint density at radius 2 is 0.632 bits per heavy atom. The number of unbranched alkanes of at least 4 members (excludes halogenated alkanes) is 22. The fourth-order valence-electron chi connectivity index (χ4n) is 7.54. The highest BCUT2D eigenvalue weighted by molar-refractivity contribution is 5.70. The van der Waals surface area contributed by atoms with Gasteiger partial charge in [0.05, 0.1) is 6.61 Å². The molecule has 0 saturated carbocycles. The van der Waals surface area contributed by atoms with E-state index in [1.165, 1.54) is 116 Å². The summed E-state index contributed by atoms with van der Waals surface area (Å²) in [5.41, 5.74) is 0. The van der Waals surface area contributed by atoms with Gasteiger partial charge in [-0.15, -0.1) is 0 Å². The smallest absolute Gasteiger partial charge is 0.306 e. The third-order valence-corrected chi connectivity index (χ3v) is 11.7. The average molecular weight is 942 g/mol. The summed E-state index contributed by atoms with van der Waals surface area (Å²) in [6.45, 7) is 4.02. The number of hydrogen-bond acceptors (Lipinski definition) is 5. The van der Waals surface area contributed by atoms with Gasteiger partial charge in [-0.1, -0.05) is 245 Å². The molecule has 0 fully saturated rings. The Hall–Kier alpha value is -3.70. The van der Waals surface area contributed by atoms with E-state index in [9.17, 15) is 14.7 Å². The molecule has 0 saturated heterocycles. The molecule has 0 heterocycles. The van der Waals surface area contributed by atoms with Gasteiger partial charge < -0.3 is 14.6 Å². The van der Waals surface area contributed by atoms with Gasteiger partial charge in [0.25, 0.3) is 0 Å². The maximum absolute atomic E-state index is 12.3. The molecule has 68 heavy (non-hydrogen) atoms. The summed E-state index contributed by atoms with van der Waals surface area (Å²) < 4.78 is 10.7. The van der Waals surface area contributed by atoms with Crippen LogP contribution in [-0.2, 0) is 19.1 Å². The first-order chi connectivity index (χ1) is 33.6. The van der Waals surface area contributed by atoms with Gasteiger partial charge in [-0.05, 0) is 109 Å². The van der Waals surface area contributed by atoms with Crippen LogP contribution in [0.15, 0.2) is 122 Å². The molecule has 0 aromatic heterocycles. The Bertz CT molecular complexity index is 1390. The lowest BCUT2D eigenvalue weighted by Gasteiger charge is -2.15. The summed E-state index contributed by atoms with van der Waals surface area (Å²) in [5.74, 6) is -0.605. The molecule has 0 aliphatic rings. The van der Waals surface area contributed by atoms with Crippen molar-refractivity contribution in [3.05, 3.63) is 122 Å². The Morgan fingerprint density at radius 3 is 0.971 bits per heavy atom. The number of aliphatic hydroxyl groups excluding tert-OH is 1. The summed E-state index contributed by atoms with van der Waals surface area (Å²) >= 11 is 0. The molecule has 1 N–H and O–H groups in total. The molecule has 0 bridgehead atoms. The first-order valence-corrected chi connectivity index (χ1v) is 28.1. The Balaban J connectivity index is 3.59. The van der Waals surface area contributed by atoms with E-state index in [1.807, 2.05) is 0 Å². The first kappa shape index (κ1) is 64.3. The molecule has 5 nitrogen and oxygen atoms in total. The first-order valence-electron chi connectivity index (χ1n) is 28.1. The second-order valence-corrected chi connectivity index (χ2v) is 18.3. The molecule has 0 amide bonds. The predicted octanol–water partition coefficient (Wildman–Crippen LogP) is 19.1. The van der Waals surface area contributed by atoms with Crippen LogP contribution in [0.5, 0.6) is 0 Å². The minimum atomic E-state index is -0.784. The van der Waals surface area contributed by atoms with E-state index < -0.39 is 6.10 Å². The molecule has 1 unspecified atom stereocenters. The van der Waals surface area contributed by atoms with Crippen molar-refractivity contribution in [3.8, 4) is 0 Å². The molecule has 5 heteroatoms. The van der Waals surface area contributed by atoms with Crippen molar-refractivity contribution < 1.29 is 24.2 Å². The number of hydrogen-bond donors (Lipinski definition) is 1. The highest BCUT2D eigenvalue weighted by atomic mass is 16.6. The highest BCUT2D eigenvalue weighted by Gasteiger charge is 2.16. The van der Waals surface area contributed by atoms with Crippen LogP contribution in [0.2, 0.25) is 0 Å². The number of allylic oxidation sites excluding steroid dienone is 20. The monoisotopic (exact) mass is 941 g/mol. The summed E-state index contributed by atoms with van der Waals surface area (Å²) in [7, 11) is 0. The number of rotatable bonds is 50. The van der Waals surface area contributed by atoms with Crippen LogP contribution in [0.1, 0.15) is 245 Å². The fraction of sp³-hybridized carbons (Fsp3) is 0.651. The third-order valence-electron chi connectivity index (χ3n) is 11.7. The topological polar surface area (TPSA) is 72.8 Å². The van der Waals surface area contributed by atoms with Crippen LogP contribution in [0.3, 0.4) is 0 Å². The maximum atomic E-state index is 12.3. The van der Waals surface area contributed by atoms with Gasteiger partial charge in [-0.2, -0.15) is 0 Å². The predicted molar refractivity (Wildman–Crippen MR) is 297 cm³/mol. The lowest BCUT2D eigenvalue weighted by Crippen LogP contribution is -2.28. The zero-order chi connectivity index (χ0) is 49.2. The molecule has 0 rings (SSSR count). The van der Waals surface area contributed by atoms with Gasteiger partial charge in [0, 0.05) is 12.8 Å². The summed E-state index contributed by atoms with van der Waals surface area (Å²) in [6.07, 6.45) is 84.5. The van der Waals surface area contributed by atoms with Crippen molar-refractivity contribution >= 4 is 11.9 Å². The summed E-state index contributed by atoms with van der Waals surface area (Å²) in [5, 5.41) is 9.64. The molecule has 0 aliphatic carbocycles. The van der Waals surface area contributed by atoms with Crippen LogP contribution in [0.4, 0.5) is 0 Å². The molecule has 0 spiro atoms. The summed E-state index contributed by atoms with van der Waals surface area (Å²) in [6, 6.07) is 0.